The van der Waals surface area contributed by atoms with Crippen molar-refractivity contribution in [3.05, 3.63) is 182 Å². The molecule has 0 atom stereocenters. The molecule has 0 radical (unpaired) electrons. The molecule has 0 saturated heterocycles. The smallest absolute Gasteiger partial charge is 0.164 e. The van der Waals surface area contributed by atoms with Gasteiger partial charge in [0.2, 0.25) is 0 Å². The van der Waals surface area contributed by atoms with Crippen LogP contribution in [-0.2, 0) is 0 Å². The number of rotatable bonds is 5. The van der Waals surface area contributed by atoms with E-state index in [0.717, 1.165) is 93.6 Å². The van der Waals surface area contributed by atoms with Crippen LogP contribution in [0.15, 0.2) is 191 Å². The monoisotopic (exact) mass is 730 g/mol. The Hall–Kier alpha value is -7.83. The zero-order valence-electron chi connectivity index (χ0n) is 30.4. The molecule has 8 aromatic carbocycles. The number of nitrogens with zero attached hydrogens (tertiary/aromatic N) is 4. The summed E-state index contributed by atoms with van der Waals surface area (Å²) in [5.41, 5.74) is 11.4. The normalized spacial score (nSPS) is 11.9. The lowest BCUT2D eigenvalue weighted by Crippen LogP contribution is -2.01. The van der Waals surface area contributed by atoms with Gasteiger partial charge in [-0.25, -0.2) is 15.0 Å². The Morgan fingerprint density at radius 2 is 0.912 bits per heavy atom. The maximum Gasteiger partial charge on any atom is 0.164 e. The zero-order chi connectivity index (χ0) is 37.5. The van der Waals surface area contributed by atoms with E-state index in [4.69, 9.17) is 23.8 Å². The van der Waals surface area contributed by atoms with Crippen LogP contribution in [0, 0.1) is 0 Å². The number of benzene rings is 8. The number of furan rings is 2. The van der Waals surface area contributed by atoms with Gasteiger partial charge in [0.15, 0.2) is 17.5 Å². The van der Waals surface area contributed by atoms with Crippen LogP contribution in [0.4, 0.5) is 0 Å². The highest BCUT2D eigenvalue weighted by atomic mass is 16.3. The highest BCUT2D eigenvalue weighted by Gasteiger charge is 2.22. The molecule has 0 bridgehead atoms. The summed E-state index contributed by atoms with van der Waals surface area (Å²) in [5.74, 6) is 1.70. The molecule has 0 N–H and O–H groups in total. The van der Waals surface area contributed by atoms with Gasteiger partial charge < -0.3 is 13.4 Å². The number of aromatic nitrogens is 4. The Labute approximate surface area is 325 Å². The molecule has 0 spiro atoms. The van der Waals surface area contributed by atoms with Crippen LogP contribution in [0.1, 0.15) is 0 Å². The molecule has 0 fully saturated rings. The molecular weight excluding hydrogens is 701 g/mol. The third-order valence-corrected chi connectivity index (χ3v) is 11.1. The molecule has 266 valence electrons. The first-order chi connectivity index (χ1) is 28.2. The molecular formula is C51H30N4O2. The molecule has 57 heavy (non-hydrogen) atoms. The summed E-state index contributed by atoms with van der Waals surface area (Å²) in [6.07, 6.45) is 0. The molecule has 6 nitrogen and oxygen atoms in total. The van der Waals surface area contributed by atoms with Crippen LogP contribution in [0.3, 0.4) is 0 Å². The maximum atomic E-state index is 6.34. The summed E-state index contributed by atoms with van der Waals surface area (Å²) < 4.78 is 15.0. The minimum Gasteiger partial charge on any atom is -0.456 e. The van der Waals surface area contributed by atoms with E-state index < -0.39 is 0 Å². The van der Waals surface area contributed by atoms with Crippen molar-refractivity contribution in [3.63, 3.8) is 0 Å². The van der Waals surface area contributed by atoms with E-state index in [1.807, 2.05) is 54.6 Å². The molecule has 4 heterocycles. The van der Waals surface area contributed by atoms with E-state index in [2.05, 4.69) is 132 Å². The third kappa shape index (κ3) is 4.94. The summed E-state index contributed by atoms with van der Waals surface area (Å²) in [4.78, 5) is 15.8. The predicted octanol–water partition coefficient (Wildman–Crippen LogP) is 13.4. The summed E-state index contributed by atoms with van der Waals surface area (Å²) in [5, 5.41) is 6.29. The minimum absolute atomic E-state index is 0.554. The Bertz CT molecular complexity index is 3540. The van der Waals surface area contributed by atoms with Gasteiger partial charge in [-0.3, -0.25) is 0 Å². The van der Waals surface area contributed by atoms with Crippen molar-refractivity contribution in [2.24, 2.45) is 0 Å². The zero-order valence-corrected chi connectivity index (χ0v) is 30.4. The topological polar surface area (TPSA) is 69.9 Å². The van der Waals surface area contributed by atoms with E-state index in [0.29, 0.717) is 17.5 Å². The fourth-order valence-electron chi connectivity index (χ4n) is 8.51. The van der Waals surface area contributed by atoms with Gasteiger partial charge in [-0.2, -0.15) is 0 Å². The van der Waals surface area contributed by atoms with E-state index in [-0.39, 0.29) is 0 Å². The number of fused-ring (bicyclic) bond motifs is 9. The van der Waals surface area contributed by atoms with Crippen LogP contribution in [0.2, 0.25) is 0 Å². The van der Waals surface area contributed by atoms with E-state index >= 15 is 0 Å². The van der Waals surface area contributed by atoms with Gasteiger partial charge in [0.1, 0.15) is 22.3 Å². The van der Waals surface area contributed by atoms with Crippen molar-refractivity contribution >= 4 is 65.7 Å². The van der Waals surface area contributed by atoms with Crippen molar-refractivity contribution < 1.29 is 8.83 Å². The molecule has 0 saturated carbocycles. The van der Waals surface area contributed by atoms with Gasteiger partial charge in [0, 0.05) is 54.7 Å². The van der Waals surface area contributed by atoms with Gasteiger partial charge in [0.25, 0.3) is 0 Å². The van der Waals surface area contributed by atoms with E-state index in [9.17, 15) is 0 Å². The second-order valence-corrected chi connectivity index (χ2v) is 14.4. The largest absolute Gasteiger partial charge is 0.456 e. The molecule has 0 aliphatic rings. The lowest BCUT2D eigenvalue weighted by Gasteiger charge is -2.12. The molecule has 12 aromatic rings. The Balaban J connectivity index is 1.12. The maximum absolute atomic E-state index is 6.34. The minimum atomic E-state index is 0.554. The fourth-order valence-corrected chi connectivity index (χ4v) is 8.51. The average molecular weight is 731 g/mol. The highest BCUT2D eigenvalue weighted by Crippen LogP contribution is 2.41. The summed E-state index contributed by atoms with van der Waals surface area (Å²) in [7, 11) is 0. The van der Waals surface area contributed by atoms with Crippen molar-refractivity contribution in [3.8, 4) is 51.0 Å². The number of hydrogen-bond acceptors (Lipinski definition) is 5. The van der Waals surface area contributed by atoms with Crippen molar-refractivity contribution in [2.45, 2.75) is 0 Å². The van der Waals surface area contributed by atoms with Crippen molar-refractivity contribution in [1.82, 2.24) is 19.5 Å². The van der Waals surface area contributed by atoms with E-state index in [1.165, 1.54) is 5.56 Å². The van der Waals surface area contributed by atoms with Gasteiger partial charge in [-0.1, -0.05) is 127 Å². The SMILES string of the molecule is c1ccc(-c2cccc(-n3c4ccccc4c4c(-c5nc(-c6ccc7c(c6)oc6ccccc67)nc(-c6cccc7oc8ccccc8c67)n5)cccc43)c2)cc1. The van der Waals surface area contributed by atoms with Crippen LogP contribution < -0.4 is 0 Å². The highest BCUT2D eigenvalue weighted by molar-refractivity contribution is 6.16. The second kappa shape index (κ2) is 12.3. The quantitative estimate of drug-likeness (QED) is 0.176. The molecule has 12 rings (SSSR count). The first-order valence-electron chi connectivity index (χ1n) is 19.0. The standard InChI is InChI=1S/C51H30N4O2/c1-2-13-31(14-3-1)32-15-10-16-34(29-32)55-41-22-7-4-18-37(41)47-39(20-11-23-42(47)55)50-52-49(33-27-28-36-35-17-5-8-24-43(35)57-46(36)30-33)53-51(54-50)40-21-12-26-45-48(40)38-19-6-9-25-44(38)56-45/h1-30H. The van der Waals surface area contributed by atoms with Crippen LogP contribution >= 0.6 is 0 Å². The summed E-state index contributed by atoms with van der Waals surface area (Å²) in [6, 6.07) is 62.7. The van der Waals surface area contributed by atoms with Gasteiger partial charge in [-0.15, -0.1) is 0 Å². The Morgan fingerprint density at radius 1 is 0.333 bits per heavy atom. The van der Waals surface area contributed by atoms with Crippen LogP contribution in [0.25, 0.3) is 117 Å². The van der Waals surface area contributed by atoms with Crippen molar-refractivity contribution in [1.29, 1.82) is 0 Å². The average Bonchev–Trinajstić information content (AvgIpc) is 3.96. The van der Waals surface area contributed by atoms with Gasteiger partial charge in [-0.05, 0) is 65.7 Å². The Morgan fingerprint density at radius 3 is 1.75 bits per heavy atom. The molecule has 6 heteroatoms. The predicted molar refractivity (Wildman–Crippen MR) is 230 cm³/mol. The summed E-state index contributed by atoms with van der Waals surface area (Å²) >= 11 is 0. The third-order valence-electron chi connectivity index (χ3n) is 11.1. The number of para-hydroxylation sites is 3. The van der Waals surface area contributed by atoms with Crippen LogP contribution in [0.5, 0.6) is 0 Å². The molecule has 4 aromatic heterocycles. The van der Waals surface area contributed by atoms with Gasteiger partial charge >= 0.3 is 0 Å². The lowest BCUT2D eigenvalue weighted by atomic mass is 10.0. The number of hydrogen-bond donors (Lipinski definition) is 0. The first-order valence-corrected chi connectivity index (χ1v) is 19.0. The molecule has 0 aliphatic heterocycles. The van der Waals surface area contributed by atoms with Crippen molar-refractivity contribution in [2.75, 3.05) is 0 Å². The molecule has 0 amide bonds. The Kier molecular flexibility index (Phi) is 6.83. The van der Waals surface area contributed by atoms with Crippen LogP contribution in [-0.4, -0.2) is 19.5 Å². The summed E-state index contributed by atoms with van der Waals surface area (Å²) in [6.45, 7) is 0. The second-order valence-electron chi connectivity index (χ2n) is 14.4. The molecule has 0 aliphatic carbocycles. The molecule has 0 unspecified atom stereocenters. The van der Waals surface area contributed by atoms with E-state index in [1.54, 1.807) is 0 Å². The fraction of sp³-hybridized carbons (Fsp3) is 0. The van der Waals surface area contributed by atoms with Gasteiger partial charge in [0.05, 0.1) is 11.0 Å². The lowest BCUT2D eigenvalue weighted by molar-refractivity contribution is 0.668. The first kappa shape index (κ1) is 31.5.